The first-order chi connectivity index (χ1) is 9.39. The van der Waals surface area contributed by atoms with Crippen molar-refractivity contribution in [2.24, 2.45) is 0 Å². The van der Waals surface area contributed by atoms with Gasteiger partial charge in [-0.25, -0.2) is 4.39 Å². The standard InChI is InChI=1S/C13H18FN3O3/c1-16-6-4-13(18,5-7-16)9-15-11-3-2-10(14)8-12(11)17(19)20/h2-3,8,15,18H,4-7,9H2,1H3. The Bertz CT molecular complexity index is 502. The average Bonchev–Trinajstić information content (AvgIpc) is 2.41. The van der Waals surface area contributed by atoms with Crippen molar-refractivity contribution in [3.8, 4) is 0 Å². The maximum atomic E-state index is 13.0. The molecule has 0 unspecified atom stereocenters. The summed E-state index contributed by atoms with van der Waals surface area (Å²) in [5.41, 5.74) is -0.973. The Morgan fingerprint density at radius 2 is 2.15 bits per heavy atom. The van der Waals surface area contributed by atoms with E-state index < -0.39 is 16.3 Å². The Balaban J connectivity index is 2.05. The Kier molecular flexibility index (Phi) is 4.20. The lowest BCUT2D eigenvalue weighted by Crippen LogP contribution is -2.47. The number of anilines is 1. The first-order valence-corrected chi connectivity index (χ1v) is 6.48. The van der Waals surface area contributed by atoms with E-state index in [0.717, 1.165) is 25.2 Å². The van der Waals surface area contributed by atoms with Crippen molar-refractivity contribution in [1.29, 1.82) is 0 Å². The highest BCUT2D eigenvalue weighted by Crippen LogP contribution is 2.27. The van der Waals surface area contributed by atoms with Gasteiger partial charge >= 0.3 is 0 Å². The van der Waals surface area contributed by atoms with Crippen LogP contribution in [-0.4, -0.2) is 47.2 Å². The second-order valence-electron chi connectivity index (χ2n) is 5.30. The summed E-state index contributed by atoms with van der Waals surface area (Å²) >= 11 is 0. The third kappa shape index (κ3) is 3.43. The van der Waals surface area contributed by atoms with Gasteiger partial charge in [-0.15, -0.1) is 0 Å². The zero-order valence-corrected chi connectivity index (χ0v) is 11.3. The van der Waals surface area contributed by atoms with E-state index in [4.69, 9.17) is 0 Å². The quantitative estimate of drug-likeness (QED) is 0.648. The Hall–Kier alpha value is -1.73. The average molecular weight is 283 g/mol. The van der Waals surface area contributed by atoms with E-state index >= 15 is 0 Å². The summed E-state index contributed by atoms with van der Waals surface area (Å²) in [7, 11) is 1.98. The number of piperidine rings is 1. The highest BCUT2D eigenvalue weighted by atomic mass is 19.1. The fourth-order valence-electron chi connectivity index (χ4n) is 2.28. The second-order valence-corrected chi connectivity index (χ2v) is 5.30. The zero-order chi connectivity index (χ0) is 14.8. The summed E-state index contributed by atoms with van der Waals surface area (Å²) in [4.78, 5) is 12.4. The first-order valence-electron chi connectivity index (χ1n) is 6.48. The number of halogens is 1. The molecule has 1 fully saturated rings. The highest BCUT2D eigenvalue weighted by molar-refractivity contribution is 5.61. The van der Waals surface area contributed by atoms with Crippen LogP contribution in [0.15, 0.2) is 18.2 Å². The topological polar surface area (TPSA) is 78.6 Å². The molecule has 0 bridgehead atoms. The van der Waals surface area contributed by atoms with E-state index in [0.29, 0.717) is 12.8 Å². The van der Waals surface area contributed by atoms with E-state index in [1.165, 1.54) is 6.07 Å². The van der Waals surface area contributed by atoms with Gasteiger partial charge in [-0.2, -0.15) is 0 Å². The summed E-state index contributed by atoms with van der Waals surface area (Å²) < 4.78 is 13.0. The third-order valence-corrected chi connectivity index (χ3v) is 3.68. The fourth-order valence-corrected chi connectivity index (χ4v) is 2.28. The maximum Gasteiger partial charge on any atom is 0.295 e. The monoisotopic (exact) mass is 283 g/mol. The van der Waals surface area contributed by atoms with Gasteiger partial charge in [-0.3, -0.25) is 10.1 Å². The van der Waals surface area contributed by atoms with Gasteiger partial charge in [0.05, 0.1) is 16.6 Å². The molecule has 1 aliphatic heterocycles. The number of nitro benzene ring substituents is 1. The van der Waals surface area contributed by atoms with Crippen molar-refractivity contribution < 1.29 is 14.4 Å². The van der Waals surface area contributed by atoms with Crippen LogP contribution in [0.5, 0.6) is 0 Å². The molecule has 1 aromatic carbocycles. The van der Waals surface area contributed by atoms with Gasteiger partial charge in [0.1, 0.15) is 11.5 Å². The lowest BCUT2D eigenvalue weighted by molar-refractivity contribution is -0.384. The first kappa shape index (κ1) is 14.7. The molecule has 0 saturated carbocycles. The van der Waals surface area contributed by atoms with Crippen LogP contribution in [0.3, 0.4) is 0 Å². The molecule has 0 aliphatic carbocycles. The molecular weight excluding hydrogens is 265 g/mol. The van der Waals surface area contributed by atoms with Gasteiger partial charge in [0.25, 0.3) is 5.69 Å². The van der Waals surface area contributed by atoms with Crippen molar-refractivity contribution in [2.45, 2.75) is 18.4 Å². The Morgan fingerprint density at radius 1 is 1.50 bits per heavy atom. The van der Waals surface area contributed by atoms with Gasteiger partial charge in [-0.1, -0.05) is 0 Å². The number of nitrogens with zero attached hydrogens (tertiary/aromatic N) is 2. The number of benzene rings is 1. The molecule has 2 N–H and O–H groups in total. The predicted octanol–water partition coefficient (Wildman–Crippen LogP) is 1.60. The summed E-state index contributed by atoms with van der Waals surface area (Å²) in [5, 5.41) is 24.1. The van der Waals surface area contributed by atoms with Crippen LogP contribution >= 0.6 is 0 Å². The summed E-state index contributed by atoms with van der Waals surface area (Å²) in [6, 6.07) is 3.36. The zero-order valence-electron chi connectivity index (χ0n) is 11.3. The number of likely N-dealkylation sites (tertiary alicyclic amines) is 1. The van der Waals surface area contributed by atoms with Gasteiger partial charge in [0.15, 0.2) is 0 Å². The minimum atomic E-state index is -0.880. The third-order valence-electron chi connectivity index (χ3n) is 3.68. The molecule has 0 amide bonds. The van der Waals surface area contributed by atoms with Crippen molar-refractivity contribution in [2.75, 3.05) is 32.0 Å². The molecular formula is C13H18FN3O3. The van der Waals surface area contributed by atoms with Crippen molar-refractivity contribution in [1.82, 2.24) is 4.90 Å². The summed E-state index contributed by atoms with van der Waals surface area (Å²) in [5.74, 6) is -0.653. The van der Waals surface area contributed by atoms with Crippen molar-refractivity contribution in [3.05, 3.63) is 34.1 Å². The molecule has 0 atom stereocenters. The van der Waals surface area contributed by atoms with Crippen molar-refractivity contribution >= 4 is 11.4 Å². The molecule has 1 aliphatic rings. The van der Waals surface area contributed by atoms with Crippen LogP contribution in [0.25, 0.3) is 0 Å². The SMILES string of the molecule is CN1CCC(O)(CNc2ccc(F)cc2[N+](=O)[O-])CC1. The molecule has 2 rings (SSSR count). The largest absolute Gasteiger partial charge is 0.388 e. The van der Waals surface area contributed by atoms with E-state index in [9.17, 15) is 19.6 Å². The van der Waals surface area contributed by atoms with Crippen LogP contribution in [0.4, 0.5) is 15.8 Å². The van der Waals surface area contributed by atoms with Gasteiger partial charge < -0.3 is 15.3 Å². The number of hydrogen-bond acceptors (Lipinski definition) is 5. The lowest BCUT2D eigenvalue weighted by Gasteiger charge is -2.36. The normalized spacial score (nSPS) is 18.8. The molecule has 0 spiro atoms. The minimum Gasteiger partial charge on any atom is -0.388 e. The van der Waals surface area contributed by atoms with Gasteiger partial charge in [0.2, 0.25) is 0 Å². The molecule has 20 heavy (non-hydrogen) atoms. The van der Waals surface area contributed by atoms with E-state index in [2.05, 4.69) is 10.2 Å². The minimum absolute atomic E-state index is 0.216. The number of rotatable bonds is 4. The number of nitro groups is 1. The highest BCUT2D eigenvalue weighted by Gasteiger charge is 2.31. The van der Waals surface area contributed by atoms with E-state index in [1.807, 2.05) is 7.05 Å². The van der Waals surface area contributed by atoms with Crippen LogP contribution in [0.1, 0.15) is 12.8 Å². The van der Waals surface area contributed by atoms with E-state index in [-0.39, 0.29) is 17.9 Å². The molecule has 110 valence electrons. The van der Waals surface area contributed by atoms with Crippen LogP contribution in [0, 0.1) is 15.9 Å². The Morgan fingerprint density at radius 3 is 2.75 bits per heavy atom. The summed E-state index contributed by atoms with van der Waals surface area (Å²) in [6.45, 7) is 1.78. The fraction of sp³-hybridized carbons (Fsp3) is 0.538. The number of nitrogens with one attached hydrogen (secondary N) is 1. The molecule has 0 aromatic heterocycles. The van der Waals surface area contributed by atoms with Gasteiger partial charge in [-0.05, 0) is 32.0 Å². The molecule has 1 heterocycles. The Labute approximate surface area is 116 Å². The molecule has 6 nitrogen and oxygen atoms in total. The molecule has 1 aromatic rings. The predicted molar refractivity (Wildman–Crippen MR) is 73.2 cm³/mol. The number of aliphatic hydroxyl groups is 1. The van der Waals surface area contributed by atoms with Crippen LogP contribution in [0.2, 0.25) is 0 Å². The molecule has 1 saturated heterocycles. The van der Waals surface area contributed by atoms with Crippen molar-refractivity contribution in [3.63, 3.8) is 0 Å². The molecule has 7 heteroatoms. The summed E-state index contributed by atoms with van der Waals surface area (Å²) in [6.07, 6.45) is 1.21. The second kappa shape index (κ2) is 5.72. The molecule has 0 radical (unpaired) electrons. The lowest BCUT2D eigenvalue weighted by atomic mass is 9.91. The van der Waals surface area contributed by atoms with Gasteiger partial charge in [0, 0.05) is 19.6 Å². The maximum absolute atomic E-state index is 13.0. The number of hydrogen-bond donors (Lipinski definition) is 2. The van der Waals surface area contributed by atoms with Crippen LogP contribution in [-0.2, 0) is 0 Å². The van der Waals surface area contributed by atoms with Crippen LogP contribution < -0.4 is 5.32 Å². The smallest absolute Gasteiger partial charge is 0.295 e. The van der Waals surface area contributed by atoms with E-state index in [1.54, 1.807) is 0 Å².